The number of amides is 1. The van der Waals surface area contributed by atoms with E-state index in [1.54, 1.807) is 49.8 Å². The van der Waals surface area contributed by atoms with Gasteiger partial charge in [-0.15, -0.1) is 0 Å². The van der Waals surface area contributed by atoms with Gasteiger partial charge < -0.3 is 15.4 Å². The second-order valence-electron chi connectivity index (χ2n) is 6.51. The van der Waals surface area contributed by atoms with Gasteiger partial charge in [0, 0.05) is 17.6 Å². The molecule has 5 nitrogen and oxygen atoms in total. The molecule has 0 radical (unpaired) electrons. The predicted molar refractivity (Wildman–Crippen MR) is 109 cm³/mol. The van der Waals surface area contributed by atoms with E-state index in [1.807, 2.05) is 18.2 Å². The van der Waals surface area contributed by atoms with Crippen LogP contribution in [0.25, 0.3) is 0 Å². The molecule has 3 rings (SSSR count). The maximum atomic E-state index is 12.5. The maximum absolute atomic E-state index is 12.5. The number of nitrogens with zero attached hydrogens (tertiary/aromatic N) is 1. The van der Waals surface area contributed by atoms with Crippen LogP contribution in [0.1, 0.15) is 35.7 Å². The number of hydrogen-bond donors (Lipinski definition) is 2. The van der Waals surface area contributed by atoms with E-state index in [0.29, 0.717) is 17.2 Å². The maximum Gasteiger partial charge on any atom is 0.257 e. The van der Waals surface area contributed by atoms with E-state index in [4.69, 9.17) is 4.74 Å². The monoisotopic (exact) mass is 361 g/mol. The summed E-state index contributed by atoms with van der Waals surface area (Å²) in [7, 11) is 1.61. The first kappa shape index (κ1) is 18.5. The number of carbonyl (C=O) groups excluding carboxylic acids is 1. The topological polar surface area (TPSA) is 63.2 Å². The van der Waals surface area contributed by atoms with Gasteiger partial charge in [-0.05, 0) is 47.9 Å². The highest BCUT2D eigenvalue weighted by Crippen LogP contribution is 2.27. The van der Waals surface area contributed by atoms with Gasteiger partial charge in [0.05, 0.1) is 24.6 Å². The number of benzene rings is 2. The molecule has 27 heavy (non-hydrogen) atoms. The number of nitrogens with one attached hydrogen (secondary N) is 2. The van der Waals surface area contributed by atoms with Crippen molar-refractivity contribution in [1.82, 2.24) is 4.98 Å². The summed E-state index contributed by atoms with van der Waals surface area (Å²) in [5.41, 5.74) is 4.18. The minimum absolute atomic E-state index is 0.214. The quantitative estimate of drug-likeness (QED) is 0.633. The van der Waals surface area contributed by atoms with Crippen LogP contribution in [0.5, 0.6) is 5.75 Å². The van der Waals surface area contributed by atoms with Gasteiger partial charge in [0.2, 0.25) is 0 Å². The Labute approximate surface area is 159 Å². The van der Waals surface area contributed by atoms with Gasteiger partial charge in [-0.25, -0.2) is 0 Å². The summed E-state index contributed by atoms with van der Waals surface area (Å²) in [6.07, 6.45) is 3.26. The van der Waals surface area contributed by atoms with E-state index in [1.165, 1.54) is 5.56 Å². The van der Waals surface area contributed by atoms with Gasteiger partial charge in [0.15, 0.2) is 0 Å². The molecular weight excluding hydrogens is 338 g/mol. The summed E-state index contributed by atoms with van der Waals surface area (Å²) in [6, 6.07) is 17.1. The second-order valence-corrected chi connectivity index (χ2v) is 6.51. The molecule has 0 aliphatic carbocycles. The number of ether oxygens (including phenoxy) is 1. The number of aromatic nitrogens is 1. The van der Waals surface area contributed by atoms with Crippen LogP contribution in [0.4, 0.5) is 17.1 Å². The average molecular weight is 361 g/mol. The van der Waals surface area contributed by atoms with Crippen LogP contribution in [0, 0.1) is 0 Å². The van der Waals surface area contributed by atoms with Crippen LogP contribution in [0.15, 0.2) is 67.0 Å². The molecular formula is C22H23N3O2. The molecule has 0 unspecified atom stereocenters. The number of para-hydroxylation sites is 1. The van der Waals surface area contributed by atoms with Crippen LogP contribution >= 0.6 is 0 Å². The molecule has 0 aliphatic rings. The van der Waals surface area contributed by atoms with Crippen molar-refractivity contribution in [1.29, 1.82) is 0 Å². The molecule has 5 heteroatoms. The summed E-state index contributed by atoms with van der Waals surface area (Å²) in [5, 5.41) is 6.24. The standard InChI is InChI=1S/C22H23N3O2/c1-15(2)20-6-4-5-7-21(20)24-18-12-16(13-23-14-18)22(26)25-17-8-10-19(27-3)11-9-17/h4-15,24H,1-3H3,(H,25,26). The van der Waals surface area contributed by atoms with Crippen LogP contribution in [-0.4, -0.2) is 18.0 Å². The van der Waals surface area contributed by atoms with E-state index in [0.717, 1.165) is 17.1 Å². The summed E-state index contributed by atoms with van der Waals surface area (Å²) < 4.78 is 5.13. The van der Waals surface area contributed by atoms with Gasteiger partial charge in [-0.1, -0.05) is 32.0 Å². The van der Waals surface area contributed by atoms with Gasteiger partial charge in [0.25, 0.3) is 5.91 Å². The number of rotatable bonds is 6. The number of pyridine rings is 1. The molecule has 0 atom stereocenters. The molecule has 0 aliphatic heterocycles. The zero-order chi connectivity index (χ0) is 19.2. The fourth-order valence-corrected chi connectivity index (χ4v) is 2.78. The Hall–Kier alpha value is -3.34. The van der Waals surface area contributed by atoms with Crippen molar-refractivity contribution >= 4 is 23.0 Å². The number of carbonyl (C=O) groups is 1. The predicted octanol–water partition coefficient (Wildman–Crippen LogP) is 5.21. The third-order valence-electron chi connectivity index (χ3n) is 4.21. The van der Waals surface area contributed by atoms with Gasteiger partial charge >= 0.3 is 0 Å². The smallest absolute Gasteiger partial charge is 0.257 e. The van der Waals surface area contributed by atoms with Crippen LogP contribution in [-0.2, 0) is 0 Å². The molecule has 0 fully saturated rings. The molecule has 1 heterocycles. The highest BCUT2D eigenvalue weighted by molar-refractivity contribution is 6.04. The molecule has 0 bridgehead atoms. The van der Waals surface area contributed by atoms with Gasteiger partial charge in [0.1, 0.15) is 5.75 Å². The SMILES string of the molecule is COc1ccc(NC(=O)c2cncc(Nc3ccccc3C(C)C)c2)cc1. The Morgan fingerprint density at radius 2 is 1.74 bits per heavy atom. The lowest BCUT2D eigenvalue weighted by Gasteiger charge is -2.15. The minimum atomic E-state index is -0.214. The Kier molecular flexibility index (Phi) is 5.71. The normalized spacial score (nSPS) is 10.5. The third-order valence-corrected chi connectivity index (χ3v) is 4.21. The lowest BCUT2D eigenvalue weighted by atomic mass is 10.0. The summed E-state index contributed by atoms with van der Waals surface area (Å²) in [5.74, 6) is 0.918. The largest absolute Gasteiger partial charge is 0.497 e. The Morgan fingerprint density at radius 3 is 2.44 bits per heavy atom. The molecule has 2 aromatic carbocycles. The molecule has 3 aromatic rings. The first-order valence-electron chi connectivity index (χ1n) is 8.83. The van der Waals surface area contributed by atoms with Crippen molar-refractivity contribution in [3.05, 3.63) is 78.1 Å². The molecule has 0 saturated heterocycles. The highest BCUT2D eigenvalue weighted by atomic mass is 16.5. The van der Waals surface area contributed by atoms with Crippen LogP contribution in [0.3, 0.4) is 0 Å². The number of anilines is 3. The fourth-order valence-electron chi connectivity index (χ4n) is 2.78. The molecule has 2 N–H and O–H groups in total. The Bertz CT molecular complexity index is 921. The van der Waals surface area contributed by atoms with Crippen LogP contribution < -0.4 is 15.4 Å². The highest BCUT2D eigenvalue weighted by Gasteiger charge is 2.10. The van der Waals surface area contributed by atoms with E-state index < -0.39 is 0 Å². The average Bonchev–Trinajstić information content (AvgIpc) is 2.69. The Balaban J connectivity index is 1.76. The summed E-state index contributed by atoms with van der Waals surface area (Å²) >= 11 is 0. The Morgan fingerprint density at radius 1 is 1.00 bits per heavy atom. The van der Waals surface area contributed by atoms with Crippen molar-refractivity contribution in [3.63, 3.8) is 0 Å². The lowest BCUT2D eigenvalue weighted by Crippen LogP contribution is -2.12. The van der Waals surface area contributed by atoms with Gasteiger partial charge in [-0.2, -0.15) is 0 Å². The third kappa shape index (κ3) is 4.64. The van der Waals surface area contributed by atoms with Crippen molar-refractivity contribution in [2.75, 3.05) is 17.7 Å². The first-order valence-corrected chi connectivity index (χ1v) is 8.83. The van der Waals surface area contributed by atoms with E-state index in [2.05, 4.69) is 35.5 Å². The molecule has 138 valence electrons. The van der Waals surface area contributed by atoms with E-state index in [-0.39, 0.29) is 5.91 Å². The number of hydrogen-bond acceptors (Lipinski definition) is 4. The molecule has 0 spiro atoms. The lowest BCUT2D eigenvalue weighted by molar-refractivity contribution is 0.102. The molecule has 0 saturated carbocycles. The zero-order valence-electron chi connectivity index (χ0n) is 15.7. The minimum Gasteiger partial charge on any atom is -0.497 e. The first-order chi connectivity index (χ1) is 13.1. The van der Waals surface area contributed by atoms with Crippen molar-refractivity contribution in [2.24, 2.45) is 0 Å². The second kappa shape index (κ2) is 8.36. The van der Waals surface area contributed by atoms with Crippen molar-refractivity contribution in [3.8, 4) is 5.75 Å². The van der Waals surface area contributed by atoms with Crippen LogP contribution in [0.2, 0.25) is 0 Å². The van der Waals surface area contributed by atoms with E-state index >= 15 is 0 Å². The van der Waals surface area contributed by atoms with E-state index in [9.17, 15) is 4.79 Å². The summed E-state index contributed by atoms with van der Waals surface area (Å²) in [4.78, 5) is 16.7. The van der Waals surface area contributed by atoms with Crippen molar-refractivity contribution in [2.45, 2.75) is 19.8 Å². The zero-order valence-corrected chi connectivity index (χ0v) is 15.7. The number of methoxy groups -OCH3 is 1. The molecule has 1 aromatic heterocycles. The summed E-state index contributed by atoms with van der Waals surface area (Å²) in [6.45, 7) is 4.30. The fraction of sp³-hybridized carbons (Fsp3) is 0.182. The molecule has 1 amide bonds. The van der Waals surface area contributed by atoms with Crippen molar-refractivity contribution < 1.29 is 9.53 Å². The van der Waals surface area contributed by atoms with Gasteiger partial charge in [-0.3, -0.25) is 9.78 Å².